The molecule has 106 valence electrons. The number of hydrogen-bond acceptors (Lipinski definition) is 4. The first-order valence-corrected chi connectivity index (χ1v) is 7.23. The summed E-state index contributed by atoms with van der Waals surface area (Å²) in [5.41, 5.74) is 3.55. The summed E-state index contributed by atoms with van der Waals surface area (Å²) in [6.45, 7) is 0. The zero-order valence-electron chi connectivity index (χ0n) is 11.9. The minimum Gasteiger partial charge on any atom is -0.497 e. The molecular weight excluding hydrogens is 264 g/mol. The molecule has 0 N–H and O–H groups in total. The van der Waals surface area contributed by atoms with Gasteiger partial charge in [0.1, 0.15) is 5.75 Å². The average molecular weight is 280 g/mol. The maximum Gasteiger partial charge on any atom is 0.252 e. The summed E-state index contributed by atoms with van der Waals surface area (Å²) in [5, 5.41) is 4.65. The molecule has 2 aromatic heterocycles. The van der Waals surface area contributed by atoms with Crippen LogP contribution in [-0.4, -0.2) is 26.7 Å². The molecule has 21 heavy (non-hydrogen) atoms. The molecule has 0 saturated carbocycles. The third-order valence-corrected chi connectivity index (χ3v) is 4.01. The SMILES string of the molecule is COc1ccc(-c2nc3ncc4c(n3n2)CCCC4)cc1. The van der Waals surface area contributed by atoms with Gasteiger partial charge in [-0.2, -0.15) is 4.98 Å². The van der Waals surface area contributed by atoms with E-state index in [1.807, 2.05) is 35.0 Å². The molecular formula is C16H16N4O. The number of methoxy groups -OCH3 is 1. The number of aromatic nitrogens is 4. The molecule has 0 amide bonds. The Bertz CT molecular complexity index is 792. The van der Waals surface area contributed by atoms with Crippen LogP contribution in [0.15, 0.2) is 30.5 Å². The lowest BCUT2D eigenvalue weighted by Crippen LogP contribution is -2.10. The van der Waals surface area contributed by atoms with Gasteiger partial charge in [0, 0.05) is 11.8 Å². The minimum atomic E-state index is 0.682. The van der Waals surface area contributed by atoms with Crippen LogP contribution in [0.2, 0.25) is 0 Å². The standard InChI is InChI=1S/C16H16N4O/c1-21-13-8-6-11(7-9-13)15-18-16-17-10-12-4-2-3-5-14(12)20(16)19-15/h6-10H,2-5H2,1H3. The summed E-state index contributed by atoms with van der Waals surface area (Å²) in [4.78, 5) is 8.99. The normalized spacial score (nSPS) is 14.1. The highest BCUT2D eigenvalue weighted by atomic mass is 16.5. The van der Waals surface area contributed by atoms with E-state index >= 15 is 0 Å². The fourth-order valence-corrected chi connectivity index (χ4v) is 2.86. The predicted molar refractivity (Wildman–Crippen MR) is 79.4 cm³/mol. The first-order valence-electron chi connectivity index (χ1n) is 7.23. The number of hydrogen-bond donors (Lipinski definition) is 0. The van der Waals surface area contributed by atoms with Gasteiger partial charge in [-0.1, -0.05) is 0 Å². The molecule has 0 unspecified atom stereocenters. The van der Waals surface area contributed by atoms with Crippen molar-refractivity contribution in [3.63, 3.8) is 0 Å². The molecule has 0 spiro atoms. The second-order valence-corrected chi connectivity index (χ2v) is 5.31. The topological polar surface area (TPSA) is 52.3 Å². The number of aryl methyl sites for hydroxylation is 2. The van der Waals surface area contributed by atoms with Gasteiger partial charge >= 0.3 is 0 Å². The van der Waals surface area contributed by atoms with Gasteiger partial charge in [-0.25, -0.2) is 9.50 Å². The zero-order chi connectivity index (χ0) is 14.2. The quantitative estimate of drug-likeness (QED) is 0.724. The largest absolute Gasteiger partial charge is 0.497 e. The Morgan fingerprint density at radius 3 is 2.71 bits per heavy atom. The fraction of sp³-hybridized carbons (Fsp3) is 0.312. The summed E-state index contributed by atoms with van der Waals surface area (Å²) >= 11 is 0. The third kappa shape index (κ3) is 2.05. The molecule has 0 bridgehead atoms. The van der Waals surface area contributed by atoms with Crippen molar-refractivity contribution in [3.05, 3.63) is 41.7 Å². The van der Waals surface area contributed by atoms with Gasteiger partial charge in [-0.15, -0.1) is 5.10 Å². The summed E-state index contributed by atoms with van der Waals surface area (Å²) < 4.78 is 7.09. The number of ether oxygens (including phenoxy) is 1. The van der Waals surface area contributed by atoms with E-state index in [1.54, 1.807) is 7.11 Å². The van der Waals surface area contributed by atoms with Crippen LogP contribution in [0.5, 0.6) is 5.75 Å². The van der Waals surface area contributed by atoms with Crippen molar-refractivity contribution in [3.8, 4) is 17.1 Å². The number of benzene rings is 1. The lowest BCUT2D eigenvalue weighted by molar-refractivity contribution is 0.415. The van der Waals surface area contributed by atoms with Gasteiger partial charge in [0.15, 0.2) is 5.82 Å². The Labute approximate surface area is 122 Å². The minimum absolute atomic E-state index is 0.682. The lowest BCUT2D eigenvalue weighted by atomic mass is 9.98. The van der Waals surface area contributed by atoms with Crippen molar-refractivity contribution < 1.29 is 4.74 Å². The zero-order valence-corrected chi connectivity index (χ0v) is 11.9. The highest BCUT2D eigenvalue weighted by Gasteiger charge is 2.16. The van der Waals surface area contributed by atoms with Crippen molar-refractivity contribution in [2.24, 2.45) is 0 Å². The number of fused-ring (bicyclic) bond motifs is 3. The van der Waals surface area contributed by atoms with Crippen LogP contribution in [0.4, 0.5) is 0 Å². The Balaban J connectivity index is 1.82. The Hall–Kier alpha value is -2.43. The van der Waals surface area contributed by atoms with E-state index in [0.717, 1.165) is 24.2 Å². The van der Waals surface area contributed by atoms with E-state index < -0.39 is 0 Å². The average Bonchev–Trinajstić information content (AvgIpc) is 2.99. The van der Waals surface area contributed by atoms with Crippen LogP contribution in [-0.2, 0) is 12.8 Å². The molecule has 0 fully saturated rings. The second kappa shape index (κ2) is 4.84. The van der Waals surface area contributed by atoms with Crippen molar-refractivity contribution in [2.75, 3.05) is 7.11 Å². The molecule has 0 radical (unpaired) electrons. The molecule has 0 aliphatic heterocycles. The van der Waals surface area contributed by atoms with Crippen LogP contribution < -0.4 is 4.74 Å². The van der Waals surface area contributed by atoms with Gasteiger partial charge in [0.05, 0.1) is 12.8 Å². The number of nitrogens with zero attached hydrogens (tertiary/aromatic N) is 4. The molecule has 1 aliphatic rings. The maximum atomic E-state index is 5.18. The van der Waals surface area contributed by atoms with Crippen molar-refractivity contribution in [2.45, 2.75) is 25.7 Å². The third-order valence-electron chi connectivity index (χ3n) is 4.01. The van der Waals surface area contributed by atoms with E-state index in [2.05, 4.69) is 15.1 Å². The fourth-order valence-electron chi connectivity index (χ4n) is 2.86. The summed E-state index contributed by atoms with van der Waals surface area (Å²) in [5.74, 6) is 2.23. The van der Waals surface area contributed by atoms with Gasteiger partial charge in [0.2, 0.25) is 0 Å². The molecule has 4 rings (SSSR count). The van der Waals surface area contributed by atoms with Gasteiger partial charge in [-0.05, 0) is 55.5 Å². The summed E-state index contributed by atoms with van der Waals surface area (Å²) in [6.07, 6.45) is 6.55. The molecule has 3 aromatic rings. The lowest BCUT2D eigenvalue weighted by Gasteiger charge is -2.14. The monoisotopic (exact) mass is 280 g/mol. The van der Waals surface area contributed by atoms with E-state index in [0.29, 0.717) is 11.6 Å². The van der Waals surface area contributed by atoms with Crippen LogP contribution >= 0.6 is 0 Å². The Kier molecular flexibility index (Phi) is 2.84. The second-order valence-electron chi connectivity index (χ2n) is 5.31. The van der Waals surface area contributed by atoms with Crippen molar-refractivity contribution in [1.82, 2.24) is 19.6 Å². The Morgan fingerprint density at radius 1 is 1.10 bits per heavy atom. The highest BCUT2D eigenvalue weighted by Crippen LogP contribution is 2.23. The molecule has 1 aromatic carbocycles. The van der Waals surface area contributed by atoms with Crippen LogP contribution in [0.1, 0.15) is 24.1 Å². The van der Waals surface area contributed by atoms with Gasteiger partial charge in [0.25, 0.3) is 5.78 Å². The van der Waals surface area contributed by atoms with Crippen LogP contribution in [0, 0.1) is 0 Å². The summed E-state index contributed by atoms with van der Waals surface area (Å²) in [6, 6.07) is 7.79. The number of rotatable bonds is 2. The molecule has 0 saturated heterocycles. The summed E-state index contributed by atoms with van der Waals surface area (Å²) in [7, 11) is 1.66. The Morgan fingerprint density at radius 2 is 1.90 bits per heavy atom. The smallest absolute Gasteiger partial charge is 0.252 e. The van der Waals surface area contributed by atoms with Crippen LogP contribution in [0.3, 0.4) is 0 Å². The van der Waals surface area contributed by atoms with Crippen molar-refractivity contribution >= 4 is 5.78 Å². The van der Waals surface area contributed by atoms with Crippen molar-refractivity contribution in [1.29, 1.82) is 0 Å². The van der Waals surface area contributed by atoms with E-state index in [1.165, 1.54) is 24.1 Å². The molecule has 2 heterocycles. The maximum absolute atomic E-state index is 5.18. The van der Waals surface area contributed by atoms with Crippen LogP contribution in [0.25, 0.3) is 17.2 Å². The molecule has 0 atom stereocenters. The first-order chi connectivity index (χ1) is 10.3. The van der Waals surface area contributed by atoms with E-state index in [-0.39, 0.29) is 0 Å². The molecule has 1 aliphatic carbocycles. The van der Waals surface area contributed by atoms with E-state index in [4.69, 9.17) is 4.74 Å². The molecule has 5 heteroatoms. The highest BCUT2D eigenvalue weighted by molar-refractivity contribution is 5.58. The van der Waals surface area contributed by atoms with Gasteiger partial charge in [-0.3, -0.25) is 0 Å². The first kappa shape index (κ1) is 12.3. The predicted octanol–water partition coefficient (Wildman–Crippen LogP) is 2.68. The van der Waals surface area contributed by atoms with Gasteiger partial charge < -0.3 is 4.74 Å². The van der Waals surface area contributed by atoms with E-state index in [9.17, 15) is 0 Å². The molecule has 5 nitrogen and oxygen atoms in total.